The lowest BCUT2D eigenvalue weighted by Crippen LogP contribution is -2.36. The average molecular weight is 335 g/mol. The van der Waals surface area contributed by atoms with Gasteiger partial charge in [-0.05, 0) is 18.2 Å². The summed E-state index contributed by atoms with van der Waals surface area (Å²) >= 11 is 3.33. The third-order valence-electron chi connectivity index (χ3n) is 3.41. The Balaban J connectivity index is 2.09. The van der Waals surface area contributed by atoms with E-state index >= 15 is 0 Å². The number of thiophene rings is 1. The van der Waals surface area contributed by atoms with Gasteiger partial charge in [0.1, 0.15) is 0 Å². The van der Waals surface area contributed by atoms with Gasteiger partial charge in [0.05, 0.1) is 4.90 Å². The topological polar surface area (TPSA) is 49.4 Å². The van der Waals surface area contributed by atoms with Gasteiger partial charge in [-0.3, -0.25) is 0 Å². The molecule has 0 bridgehead atoms. The Hall–Kier alpha value is -0.0800. The summed E-state index contributed by atoms with van der Waals surface area (Å²) in [6, 6.07) is 2.34. The van der Waals surface area contributed by atoms with Crippen LogP contribution in [0.25, 0.3) is 0 Å². The highest BCUT2D eigenvalue weighted by atomic mass is 32.2. The first kappa shape index (κ1) is 16.3. The van der Waals surface area contributed by atoms with Crippen LogP contribution in [0.3, 0.4) is 0 Å². The molecule has 1 unspecified atom stereocenters. The Morgan fingerprint density at radius 1 is 1.50 bits per heavy atom. The van der Waals surface area contributed by atoms with Crippen molar-refractivity contribution in [3.8, 4) is 0 Å². The Kier molecular flexibility index (Phi) is 5.53. The van der Waals surface area contributed by atoms with E-state index in [1.807, 2.05) is 11.8 Å². The predicted molar refractivity (Wildman–Crippen MR) is 87.0 cm³/mol. The van der Waals surface area contributed by atoms with Crippen molar-refractivity contribution in [2.24, 2.45) is 0 Å². The van der Waals surface area contributed by atoms with Crippen molar-refractivity contribution in [3.05, 3.63) is 16.3 Å². The molecular weight excluding hydrogens is 312 g/mol. The molecule has 1 aromatic rings. The summed E-state index contributed by atoms with van der Waals surface area (Å²) < 4.78 is 26.7. The number of nitrogens with zero attached hydrogens (tertiary/aromatic N) is 1. The maximum Gasteiger partial charge on any atom is 0.243 e. The molecule has 0 aromatic carbocycles. The smallest absolute Gasteiger partial charge is 0.243 e. The number of thioether (sulfide) groups is 1. The van der Waals surface area contributed by atoms with Crippen LogP contribution in [0.4, 0.5) is 0 Å². The summed E-state index contributed by atoms with van der Waals surface area (Å²) in [6.45, 7) is 4.88. The van der Waals surface area contributed by atoms with Crippen LogP contribution < -0.4 is 5.32 Å². The zero-order valence-corrected chi connectivity index (χ0v) is 14.6. The van der Waals surface area contributed by atoms with Crippen LogP contribution in [-0.2, 0) is 16.6 Å². The average Bonchev–Trinajstić information content (AvgIpc) is 3.06. The lowest BCUT2D eigenvalue weighted by atomic mass is 10.3. The summed E-state index contributed by atoms with van der Waals surface area (Å²) in [5.41, 5.74) is 0. The van der Waals surface area contributed by atoms with Crippen LogP contribution in [0.5, 0.6) is 0 Å². The molecule has 0 radical (unpaired) electrons. The van der Waals surface area contributed by atoms with Crippen molar-refractivity contribution in [2.75, 3.05) is 18.6 Å². The van der Waals surface area contributed by atoms with Gasteiger partial charge in [0.25, 0.3) is 0 Å². The maximum absolute atomic E-state index is 12.6. The standard InChI is InChI=1S/C13H22N2O2S3/c1-10(2)14-7-12-6-13(9-19-12)20(16,17)15(3)11-4-5-18-8-11/h6,9-11,14H,4-5,7-8H2,1-3H3. The lowest BCUT2D eigenvalue weighted by Gasteiger charge is -2.22. The summed E-state index contributed by atoms with van der Waals surface area (Å²) in [7, 11) is -1.63. The zero-order valence-electron chi connectivity index (χ0n) is 12.1. The van der Waals surface area contributed by atoms with Gasteiger partial charge in [-0.2, -0.15) is 16.1 Å². The van der Waals surface area contributed by atoms with E-state index in [-0.39, 0.29) is 6.04 Å². The molecule has 0 aliphatic carbocycles. The van der Waals surface area contributed by atoms with Gasteiger partial charge in [0.2, 0.25) is 10.0 Å². The largest absolute Gasteiger partial charge is 0.310 e. The molecule has 20 heavy (non-hydrogen) atoms. The lowest BCUT2D eigenvalue weighted by molar-refractivity contribution is 0.395. The number of sulfonamides is 1. The molecule has 1 aliphatic rings. The van der Waals surface area contributed by atoms with Crippen molar-refractivity contribution in [1.82, 2.24) is 9.62 Å². The third-order valence-corrected chi connectivity index (χ3v) is 7.53. The molecule has 0 amide bonds. The molecule has 2 rings (SSSR count). The molecule has 4 nitrogen and oxygen atoms in total. The van der Waals surface area contributed by atoms with Gasteiger partial charge in [-0.1, -0.05) is 13.8 Å². The summed E-state index contributed by atoms with van der Waals surface area (Å²) in [5.74, 6) is 1.96. The molecule has 2 heterocycles. The second kappa shape index (κ2) is 6.79. The fraction of sp³-hybridized carbons (Fsp3) is 0.692. The minimum atomic E-state index is -3.34. The molecule has 1 N–H and O–H groups in total. The van der Waals surface area contributed by atoms with Gasteiger partial charge in [-0.15, -0.1) is 11.3 Å². The highest BCUT2D eigenvalue weighted by Gasteiger charge is 2.30. The third kappa shape index (κ3) is 3.76. The van der Waals surface area contributed by atoms with Gasteiger partial charge in [0, 0.05) is 41.7 Å². The molecule has 1 atom stereocenters. The van der Waals surface area contributed by atoms with Crippen molar-refractivity contribution in [1.29, 1.82) is 0 Å². The van der Waals surface area contributed by atoms with Crippen LogP contribution in [0.2, 0.25) is 0 Å². The molecule has 7 heteroatoms. The predicted octanol–water partition coefficient (Wildman–Crippen LogP) is 2.37. The van der Waals surface area contributed by atoms with Crippen LogP contribution >= 0.6 is 23.1 Å². The second-order valence-electron chi connectivity index (χ2n) is 5.32. The first-order chi connectivity index (χ1) is 9.41. The van der Waals surface area contributed by atoms with Gasteiger partial charge < -0.3 is 5.32 Å². The Morgan fingerprint density at radius 3 is 2.85 bits per heavy atom. The van der Waals surface area contributed by atoms with E-state index in [1.165, 1.54) is 11.3 Å². The Bertz CT molecular complexity index is 534. The van der Waals surface area contributed by atoms with Gasteiger partial charge >= 0.3 is 0 Å². The van der Waals surface area contributed by atoms with E-state index in [9.17, 15) is 8.42 Å². The number of nitrogens with one attached hydrogen (secondary N) is 1. The normalized spacial score (nSPS) is 20.1. The molecule has 1 aliphatic heterocycles. The molecule has 1 saturated heterocycles. The van der Waals surface area contributed by atoms with E-state index < -0.39 is 10.0 Å². The highest BCUT2D eigenvalue weighted by molar-refractivity contribution is 7.99. The fourth-order valence-electron chi connectivity index (χ4n) is 2.06. The number of hydrogen-bond acceptors (Lipinski definition) is 5. The molecule has 114 valence electrons. The number of hydrogen-bond donors (Lipinski definition) is 1. The summed E-state index contributed by atoms with van der Waals surface area (Å²) in [6.07, 6.45) is 0.951. The van der Waals surface area contributed by atoms with E-state index in [0.717, 1.165) is 29.3 Å². The molecule has 1 aromatic heterocycles. The van der Waals surface area contributed by atoms with Crippen molar-refractivity contribution in [2.45, 2.75) is 43.8 Å². The first-order valence-electron chi connectivity index (χ1n) is 6.78. The van der Waals surface area contributed by atoms with E-state index in [0.29, 0.717) is 10.9 Å². The van der Waals surface area contributed by atoms with Gasteiger partial charge in [-0.25, -0.2) is 8.42 Å². The fourth-order valence-corrected chi connectivity index (χ4v) is 6.03. The summed E-state index contributed by atoms with van der Waals surface area (Å²) in [4.78, 5) is 1.49. The maximum atomic E-state index is 12.6. The first-order valence-corrected chi connectivity index (χ1v) is 10.3. The molecule has 0 spiro atoms. The van der Waals surface area contributed by atoms with Crippen LogP contribution in [-0.4, -0.2) is 43.4 Å². The van der Waals surface area contributed by atoms with Crippen LogP contribution in [0.15, 0.2) is 16.3 Å². The minimum Gasteiger partial charge on any atom is -0.310 e. The monoisotopic (exact) mass is 334 g/mol. The molecule has 0 saturated carbocycles. The molecular formula is C13H22N2O2S3. The van der Waals surface area contributed by atoms with E-state index in [1.54, 1.807) is 22.8 Å². The zero-order chi connectivity index (χ0) is 14.8. The Labute approximate surface area is 130 Å². The number of rotatable bonds is 6. The second-order valence-corrected chi connectivity index (χ2v) is 9.47. The quantitative estimate of drug-likeness (QED) is 0.868. The summed E-state index contributed by atoms with van der Waals surface area (Å²) in [5, 5.41) is 5.06. The molecule has 1 fully saturated rings. The van der Waals surface area contributed by atoms with Crippen molar-refractivity contribution < 1.29 is 8.42 Å². The van der Waals surface area contributed by atoms with Crippen LogP contribution in [0.1, 0.15) is 25.1 Å². The van der Waals surface area contributed by atoms with E-state index in [4.69, 9.17) is 0 Å². The van der Waals surface area contributed by atoms with E-state index in [2.05, 4.69) is 19.2 Å². The Morgan fingerprint density at radius 2 is 2.25 bits per heavy atom. The van der Waals surface area contributed by atoms with Crippen molar-refractivity contribution >= 4 is 33.1 Å². The minimum absolute atomic E-state index is 0.141. The highest BCUT2D eigenvalue weighted by Crippen LogP contribution is 2.28. The SMILES string of the molecule is CC(C)NCc1cc(S(=O)(=O)N(C)C2CCSC2)cs1. The van der Waals surface area contributed by atoms with Gasteiger partial charge in [0.15, 0.2) is 0 Å². The van der Waals surface area contributed by atoms with Crippen molar-refractivity contribution in [3.63, 3.8) is 0 Å². The van der Waals surface area contributed by atoms with Crippen LogP contribution in [0, 0.1) is 0 Å².